The summed E-state index contributed by atoms with van der Waals surface area (Å²) < 4.78 is 24.3. The first-order valence-corrected chi connectivity index (χ1v) is 9.39. The van der Waals surface area contributed by atoms with Gasteiger partial charge in [0.1, 0.15) is 23.9 Å². The number of benzene rings is 3. The quantitative estimate of drug-likeness (QED) is 0.599. The van der Waals surface area contributed by atoms with Crippen LogP contribution in [0.2, 0.25) is 0 Å². The molecule has 0 saturated carbocycles. The maximum atomic E-state index is 13.1. The number of carbonyl (C=O) groups is 1. The van der Waals surface area contributed by atoms with Gasteiger partial charge in [0.2, 0.25) is 0 Å². The molecule has 1 amide bonds. The van der Waals surface area contributed by atoms with Crippen molar-refractivity contribution in [2.45, 2.75) is 26.5 Å². The second-order valence-corrected chi connectivity index (χ2v) is 6.88. The third-order valence-corrected chi connectivity index (χ3v) is 4.68. The van der Waals surface area contributed by atoms with E-state index in [9.17, 15) is 9.18 Å². The predicted octanol–water partition coefficient (Wildman–Crippen LogP) is 5.21. The largest absolute Gasteiger partial charge is 0.496 e. The van der Waals surface area contributed by atoms with Crippen LogP contribution in [0.1, 0.15) is 40.0 Å². The summed E-state index contributed by atoms with van der Waals surface area (Å²) in [6.07, 6.45) is 0. The lowest BCUT2D eigenvalue weighted by Gasteiger charge is -2.16. The average molecular weight is 393 g/mol. The summed E-state index contributed by atoms with van der Waals surface area (Å²) in [5.74, 6) is 0.874. The highest BCUT2D eigenvalue weighted by atomic mass is 19.1. The third kappa shape index (κ3) is 5.35. The first kappa shape index (κ1) is 20.4. The Labute approximate surface area is 170 Å². The number of methoxy groups -OCH3 is 1. The molecule has 3 aromatic rings. The molecule has 0 saturated heterocycles. The second-order valence-electron chi connectivity index (χ2n) is 6.88. The van der Waals surface area contributed by atoms with Crippen LogP contribution in [0.15, 0.2) is 66.7 Å². The number of aryl methyl sites for hydroxylation is 1. The van der Waals surface area contributed by atoms with Crippen molar-refractivity contribution in [3.8, 4) is 11.5 Å². The molecular weight excluding hydrogens is 369 g/mol. The van der Waals surface area contributed by atoms with Crippen molar-refractivity contribution in [1.29, 1.82) is 0 Å². The van der Waals surface area contributed by atoms with Crippen LogP contribution < -0.4 is 14.8 Å². The molecule has 0 bridgehead atoms. The van der Waals surface area contributed by atoms with Gasteiger partial charge in [-0.15, -0.1) is 0 Å². The molecule has 3 aromatic carbocycles. The fourth-order valence-electron chi connectivity index (χ4n) is 2.94. The van der Waals surface area contributed by atoms with Crippen molar-refractivity contribution in [1.82, 2.24) is 5.32 Å². The van der Waals surface area contributed by atoms with E-state index in [4.69, 9.17) is 9.47 Å². The molecule has 0 aliphatic rings. The van der Waals surface area contributed by atoms with E-state index in [1.165, 1.54) is 12.1 Å². The Morgan fingerprint density at radius 3 is 2.38 bits per heavy atom. The molecular formula is C24H24FNO3. The number of nitrogens with one attached hydrogen (secondary N) is 1. The van der Waals surface area contributed by atoms with Gasteiger partial charge in [-0.1, -0.05) is 29.8 Å². The molecule has 3 rings (SSSR count). The first-order chi connectivity index (χ1) is 14.0. The highest BCUT2D eigenvalue weighted by Gasteiger charge is 2.14. The summed E-state index contributed by atoms with van der Waals surface area (Å²) in [6, 6.07) is 18.8. The molecule has 0 aliphatic heterocycles. The van der Waals surface area contributed by atoms with Gasteiger partial charge in [0.15, 0.2) is 0 Å². The van der Waals surface area contributed by atoms with Gasteiger partial charge in [-0.25, -0.2) is 4.39 Å². The first-order valence-electron chi connectivity index (χ1n) is 9.39. The van der Waals surface area contributed by atoms with Gasteiger partial charge in [-0.3, -0.25) is 4.79 Å². The highest BCUT2D eigenvalue weighted by Crippen LogP contribution is 2.23. The lowest BCUT2D eigenvalue weighted by atomic mass is 10.1. The Morgan fingerprint density at radius 1 is 1.03 bits per heavy atom. The summed E-state index contributed by atoms with van der Waals surface area (Å²) >= 11 is 0. The molecule has 0 radical (unpaired) electrons. The van der Waals surface area contributed by atoms with E-state index in [1.54, 1.807) is 37.4 Å². The van der Waals surface area contributed by atoms with E-state index in [0.717, 1.165) is 22.4 Å². The minimum absolute atomic E-state index is 0.221. The molecule has 29 heavy (non-hydrogen) atoms. The van der Waals surface area contributed by atoms with E-state index in [0.29, 0.717) is 11.3 Å². The van der Waals surface area contributed by atoms with Crippen molar-refractivity contribution >= 4 is 5.91 Å². The Hall–Kier alpha value is -3.34. The second kappa shape index (κ2) is 9.24. The van der Waals surface area contributed by atoms with Crippen molar-refractivity contribution in [3.63, 3.8) is 0 Å². The van der Waals surface area contributed by atoms with Crippen LogP contribution in [0, 0.1) is 12.7 Å². The van der Waals surface area contributed by atoms with E-state index < -0.39 is 0 Å². The molecule has 0 spiro atoms. The summed E-state index contributed by atoms with van der Waals surface area (Å²) in [5, 5.41) is 2.93. The molecule has 1 atom stereocenters. The minimum atomic E-state index is -0.305. The van der Waals surface area contributed by atoms with Crippen molar-refractivity contribution < 1.29 is 18.7 Å². The Morgan fingerprint density at radius 2 is 1.72 bits per heavy atom. The van der Waals surface area contributed by atoms with E-state index in [1.807, 2.05) is 38.1 Å². The molecule has 0 unspecified atom stereocenters. The number of rotatable bonds is 7. The van der Waals surface area contributed by atoms with E-state index in [-0.39, 0.29) is 24.4 Å². The van der Waals surface area contributed by atoms with Gasteiger partial charge < -0.3 is 14.8 Å². The average Bonchev–Trinajstić information content (AvgIpc) is 2.73. The van der Waals surface area contributed by atoms with Crippen LogP contribution in [-0.2, 0) is 6.61 Å². The molecule has 1 N–H and O–H groups in total. The monoisotopic (exact) mass is 393 g/mol. The summed E-state index contributed by atoms with van der Waals surface area (Å²) in [5.41, 5.74) is 3.26. The fourth-order valence-corrected chi connectivity index (χ4v) is 2.94. The molecule has 0 aromatic heterocycles. The Kier molecular flexibility index (Phi) is 6.50. The SMILES string of the molecule is COc1ccc(C(=O)N[C@@H](C)c2ccc(F)cc2)cc1COc1ccc(C)cc1. The Bertz CT molecular complexity index is 968. The van der Waals surface area contributed by atoms with Crippen LogP contribution in [0.25, 0.3) is 0 Å². The lowest BCUT2D eigenvalue weighted by molar-refractivity contribution is 0.0939. The number of amides is 1. The third-order valence-electron chi connectivity index (χ3n) is 4.68. The molecule has 0 fully saturated rings. The predicted molar refractivity (Wildman–Crippen MR) is 111 cm³/mol. The molecule has 5 heteroatoms. The zero-order valence-electron chi connectivity index (χ0n) is 16.7. The van der Waals surface area contributed by atoms with Gasteiger partial charge in [0.25, 0.3) is 5.91 Å². The molecule has 150 valence electrons. The molecule has 4 nitrogen and oxygen atoms in total. The summed E-state index contributed by atoms with van der Waals surface area (Å²) in [7, 11) is 1.58. The minimum Gasteiger partial charge on any atom is -0.496 e. The van der Waals surface area contributed by atoms with Crippen LogP contribution >= 0.6 is 0 Å². The fraction of sp³-hybridized carbons (Fsp3) is 0.208. The Balaban J connectivity index is 1.71. The van der Waals surface area contributed by atoms with Crippen molar-refractivity contribution in [2.24, 2.45) is 0 Å². The van der Waals surface area contributed by atoms with Crippen molar-refractivity contribution in [2.75, 3.05) is 7.11 Å². The number of hydrogen-bond acceptors (Lipinski definition) is 3. The zero-order chi connectivity index (χ0) is 20.8. The smallest absolute Gasteiger partial charge is 0.251 e. The topological polar surface area (TPSA) is 47.6 Å². The van der Waals surface area contributed by atoms with Gasteiger partial charge >= 0.3 is 0 Å². The van der Waals surface area contributed by atoms with Gasteiger partial charge in [-0.05, 0) is 61.9 Å². The standard InChI is InChI=1S/C24H24FNO3/c1-16-4-11-22(12-5-16)29-15-20-14-19(8-13-23(20)28-3)24(27)26-17(2)18-6-9-21(25)10-7-18/h4-14,17H,15H2,1-3H3,(H,26,27)/t17-/m0/s1. The van der Waals surface area contributed by atoms with Crippen LogP contribution in [-0.4, -0.2) is 13.0 Å². The van der Waals surface area contributed by atoms with Crippen LogP contribution in [0.5, 0.6) is 11.5 Å². The number of hydrogen-bond donors (Lipinski definition) is 1. The highest BCUT2D eigenvalue weighted by molar-refractivity contribution is 5.94. The summed E-state index contributed by atoms with van der Waals surface area (Å²) in [6.45, 7) is 4.15. The number of carbonyl (C=O) groups excluding carboxylic acids is 1. The maximum absolute atomic E-state index is 13.1. The zero-order valence-corrected chi connectivity index (χ0v) is 16.7. The molecule has 0 aliphatic carbocycles. The summed E-state index contributed by atoms with van der Waals surface area (Å²) in [4.78, 5) is 12.7. The number of halogens is 1. The van der Waals surface area contributed by atoms with Crippen molar-refractivity contribution in [3.05, 3.63) is 94.8 Å². The van der Waals surface area contributed by atoms with E-state index in [2.05, 4.69) is 5.32 Å². The number of ether oxygens (including phenoxy) is 2. The molecule has 0 heterocycles. The normalized spacial score (nSPS) is 11.6. The van der Waals surface area contributed by atoms with Crippen LogP contribution in [0.4, 0.5) is 4.39 Å². The van der Waals surface area contributed by atoms with E-state index >= 15 is 0 Å². The van der Waals surface area contributed by atoms with Gasteiger partial charge in [-0.2, -0.15) is 0 Å². The lowest BCUT2D eigenvalue weighted by Crippen LogP contribution is -2.26. The van der Waals surface area contributed by atoms with Gasteiger partial charge in [0, 0.05) is 11.1 Å². The van der Waals surface area contributed by atoms with Crippen LogP contribution in [0.3, 0.4) is 0 Å². The van der Waals surface area contributed by atoms with Gasteiger partial charge in [0.05, 0.1) is 13.2 Å². The maximum Gasteiger partial charge on any atom is 0.251 e.